The Morgan fingerprint density at radius 1 is 1.62 bits per heavy atom. The minimum atomic E-state index is 0.529. The third-order valence-electron chi connectivity index (χ3n) is 1.23. The molecule has 1 aromatic heterocycles. The fraction of sp³-hybridized carbons (Fsp3) is 0.222. The van der Waals surface area contributed by atoms with Gasteiger partial charge in [0, 0.05) is 6.20 Å². The van der Waals surface area contributed by atoms with Crippen molar-refractivity contribution < 1.29 is 0 Å². The van der Waals surface area contributed by atoms with Crippen molar-refractivity contribution in [3.8, 4) is 11.8 Å². The fourth-order valence-electron chi connectivity index (χ4n) is 0.737. The van der Waals surface area contributed by atoms with Gasteiger partial charge < -0.3 is 0 Å². The average Bonchev–Trinajstić information content (AvgIpc) is 2.54. The number of nitrogens with zero attached hydrogens (tertiary/aromatic N) is 4. The van der Waals surface area contributed by atoms with Crippen molar-refractivity contribution in [2.45, 2.75) is 13.8 Å². The molecule has 4 heteroatoms. The van der Waals surface area contributed by atoms with E-state index in [9.17, 15) is 0 Å². The first kappa shape index (κ1) is 9.20. The SMILES string of the molecule is CC#C/C=N\c1ncnn1/C=C\C. The highest BCUT2D eigenvalue weighted by molar-refractivity contribution is 5.79. The zero-order valence-corrected chi connectivity index (χ0v) is 7.60. The van der Waals surface area contributed by atoms with Crippen LogP contribution in [-0.2, 0) is 0 Å². The van der Waals surface area contributed by atoms with Crippen LogP contribution in [-0.4, -0.2) is 21.0 Å². The highest BCUT2D eigenvalue weighted by atomic mass is 15.4. The van der Waals surface area contributed by atoms with Gasteiger partial charge in [0.2, 0.25) is 0 Å². The van der Waals surface area contributed by atoms with Crippen LogP contribution in [0.25, 0.3) is 6.20 Å². The van der Waals surface area contributed by atoms with E-state index in [4.69, 9.17) is 0 Å². The molecule has 1 rings (SSSR count). The van der Waals surface area contributed by atoms with Gasteiger partial charge in [0.15, 0.2) is 0 Å². The quantitative estimate of drug-likeness (QED) is 0.503. The van der Waals surface area contributed by atoms with Crippen molar-refractivity contribution in [2.75, 3.05) is 0 Å². The van der Waals surface area contributed by atoms with E-state index in [0.29, 0.717) is 5.95 Å². The van der Waals surface area contributed by atoms with Gasteiger partial charge in [0.05, 0.1) is 6.21 Å². The van der Waals surface area contributed by atoms with Gasteiger partial charge in [-0.15, -0.1) is 5.92 Å². The van der Waals surface area contributed by atoms with E-state index in [1.165, 1.54) is 12.5 Å². The first-order valence-electron chi connectivity index (χ1n) is 3.85. The summed E-state index contributed by atoms with van der Waals surface area (Å²) in [7, 11) is 0. The number of allylic oxidation sites excluding steroid dienone is 1. The Bertz CT molecular complexity index is 376. The summed E-state index contributed by atoms with van der Waals surface area (Å²) < 4.78 is 1.58. The van der Waals surface area contributed by atoms with Crippen LogP contribution in [0.4, 0.5) is 5.95 Å². The Hall–Kier alpha value is -1.89. The van der Waals surface area contributed by atoms with Gasteiger partial charge >= 0.3 is 0 Å². The van der Waals surface area contributed by atoms with Crippen LogP contribution in [0.3, 0.4) is 0 Å². The van der Waals surface area contributed by atoms with E-state index in [0.717, 1.165) is 0 Å². The number of hydrogen-bond donors (Lipinski definition) is 0. The Kier molecular flexibility index (Phi) is 3.45. The van der Waals surface area contributed by atoms with Crippen LogP contribution in [0.2, 0.25) is 0 Å². The van der Waals surface area contributed by atoms with Crippen LogP contribution < -0.4 is 0 Å². The maximum Gasteiger partial charge on any atom is 0.252 e. The molecule has 66 valence electrons. The van der Waals surface area contributed by atoms with Crippen molar-refractivity contribution >= 4 is 18.4 Å². The first-order valence-corrected chi connectivity index (χ1v) is 3.85. The topological polar surface area (TPSA) is 43.1 Å². The normalized spacial score (nSPS) is 10.6. The van der Waals surface area contributed by atoms with Crippen molar-refractivity contribution in [3.05, 3.63) is 12.4 Å². The number of aromatic nitrogens is 3. The molecule has 0 bridgehead atoms. The second kappa shape index (κ2) is 4.88. The second-order valence-corrected chi connectivity index (χ2v) is 2.14. The summed E-state index contributed by atoms with van der Waals surface area (Å²) >= 11 is 0. The summed E-state index contributed by atoms with van der Waals surface area (Å²) in [6, 6.07) is 0. The molecule has 13 heavy (non-hydrogen) atoms. The lowest BCUT2D eigenvalue weighted by Crippen LogP contribution is -1.87. The molecule has 0 radical (unpaired) electrons. The monoisotopic (exact) mass is 174 g/mol. The lowest BCUT2D eigenvalue weighted by molar-refractivity contribution is 0.931. The highest BCUT2D eigenvalue weighted by Gasteiger charge is 1.95. The van der Waals surface area contributed by atoms with Crippen LogP contribution >= 0.6 is 0 Å². The van der Waals surface area contributed by atoms with Gasteiger partial charge in [-0.2, -0.15) is 10.1 Å². The number of aliphatic imine (C=N–C) groups is 1. The fourth-order valence-corrected chi connectivity index (χ4v) is 0.737. The Morgan fingerprint density at radius 3 is 3.15 bits per heavy atom. The molecule has 0 aromatic carbocycles. The molecule has 0 saturated carbocycles. The van der Waals surface area contributed by atoms with E-state index in [2.05, 4.69) is 26.9 Å². The predicted molar refractivity (Wildman–Crippen MR) is 52.6 cm³/mol. The Balaban J connectivity index is 2.85. The maximum atomic E-state index is 4.01. The Morgan fingerprint density at radius 2 is 2.46 bits per heavy atom. The molecule has 4 nitrogen and oxygen atoms in total. The largest absolute Gasteiger partial charge is 0.252 e. The van der Waals surface area contributed by atoms with Crippen LogP contribution in [0.1, 0.15) is 13.8 Å². The van der Waals surface area contributed by atoms with Gasteiger partial charge in [-0.05, 0) is 13.8 Å². The second-order valence-electron chi connectivity index (χ2n) is 2.14. The number of hydrogen-bond acceptors (Lipinski definition) is 3. The molecule has 0 saturated heterocycles. The van der Waals surface area contributed by atoms with Crippen molar-refractivity contribution in [2.24, 2.45) is 4.99 Å². The van der Waals surface area contributed by atoms with Crippen LogP contribution in [0.5, 0.6) is 0 Å². The molecule has 1 heterocycles. The molecule has 0 aliphatic rings. The summed E-state index contributed by atoms with van der Waals surface area (Å²) in [6.07, 6.45) is 6.59. The van der Waals surface area contributed by atoms with Crippen LogP contribution in [0, 0.1) is 11.8 Å². The lowest BCUT2D eigenvalue weighted by Gasteiger charge is -1.90. The molecule has 0 unspecified atom stereocenters. The molecule has 0 spiro atoms. The molecule has 0 N–H and O–H groups in total. The standard InChI is InChI=1S/C9H10N4/c1-3-5-6-10-9-11-8-12-13(9)7-4-2/h4,6-8H,1-2H3/b7-4-,10-6-. The molecule has 0 amide bonds. The molecule has 1 aromatic rings. The molecule has 0 aliphatic carbocycles. The lowest BCUT2D eigenvalue weighted by atomic mass is 10.6. The number of rotatable bonds is 2. The van der Waals surface area contributed by atoms with Gasteiger partial charge in [0.1, 0.15) is 6.33 Å². The molecule has 0 atom stereocenters. The van der Waals surface area contributed by atoms with Gasteiger partial charge in [-0.25, -0.2) is 9.67 Å². The van der Waals surface area contributed by atoms with Gasteiger partial charge in [-0.1, -0.05) is 12.0 Å². The maximum absolute atomic E-state index is 4.01. The zero-order valence-electron chi connectivity index (χ0n) is 7.60. The minimum absolute atomic E-state index is 0.529. The predicted octanol–water partition coefficient (Wildman–Crippen LogP) is 1.49. The van der Waals surface area contributed by atoms with Crippen molar-refractivity contribution in [3.63, 3.8) is 0 Å². The van der Waals surface area contributed by atoms with E-state index < -0.39 is 0 Å². The molecule has 0 fully saturated rings. The summed E-state index contributed by atoms with van der Waals surface area (Å²) in [4.78, 5) is 7.96. The highest BCUT2D eigenvalue weighted by Crippen LogP contribution is 2.04. The third kappa shape index (κ3) is 2.56. The minimum Gasteiger partial charge on any atom is -0.211 e. The zero-order chi connectivity index (χ0) is 9.52. The summed E-state index contributed by atoms with van der Waals surface area (Å²) in [6.45, 7) is 3.66. The van der Waals surface area contributed by atoms with E-state index in [1.54, 1.807) is 17.8 Å². The molecular weight excluding hydrogens is 164 g/mol. The molecular formula is C9H10N4. The van der Waals surface area contributed by atoms with E-state index >= 15 is 0 Å². The van der Waals surface area contributed by atoms with Gasteiger partial charge in [-0.3, -0.25) is 0 Å². The van der Waals surface area contributed by atoms with E-state index in [-0.39, 0.29) is 0 Å². The summed E-state index contributed by atoms with van der Waals surface area (Å²) in [5.74, 6) is 5.94. The van der Waals surface area contributed by atoms with Crippen molar-refractivity contribution in [1.82, 2.24) is 14.8 Å². The average molecular weight is 174 g/mol. The summed E-state index contributed by atoms with van der Waals surface area (Å²) in [5, 5.41) is 3.94. The smallest absolute Gasteiger partial charge is 0.211 e. The van der Waals surface area contributed by atoms with Crippen LogP contribution in [0.15, 0.2) is 17.4 Å². The molecule has 0 aliphatic heterocycles. The van der Waals surface area contributed by atoms with Crippen molar-refractivity contribution in [1.29, 1.82) is 0 Å². The first-order chi connectivity index (χ1) is 6.38. The third-order valence-corrected chi connectivity index (χ3v) is 1.23. The Labute approximate surface area is 77.0 Å². The van der Waals surface area contributed by atoms with Gasteiger partial charge in [0.25, 0.3) is 5.95 Å². The summed E-state index contributed by atoms with van der Waals surface area (Å²) in [5.41, 5.74) is 0. The van der Waals surface area contributed by atoms with E-state index in [1.807, 2.05) is 13.0 Å².